The number of carbonyl (C=O) groups is 1. The van der Waals surface area contributed by atoms with Gasteiger partial charge in [0.2, 0.25) is 5.91 Å². The fourth-order valence-electron chi connectivity index (χ4n) is 2.04. The van der Waals surface area contributed by atoms with Crippen molar-refractivity contribution in [1.82, 2.24) is 0 Å². The molecule has 1 aromatic carbocycles. The van der Waals surface area contributed by atoms with Gasteiger partial charge in [0, 0.05) is 12.2 Å². The Bertz CT molecular complexity index is 377. The molecular formula is C15H25ClN2O. The highest BCUT2D eigenvalue weighted by Gasteiger charge is 2.33. The van der Waals surface area contributed by atoms with E-state index in [0.29, 0.717) is 6.54 Å². The molecule has 1 amide bonds. The minimum Gasteiger partial charge on any atom is -0.329 e. The van der Waals surface area contributed by atoms with Crippen molar-refractivity contribution in [2.75, 3.05) is 11.9 Å². The summed E-state index contributed by atoms with van der Waals surface area (Å²) >= 11 is 0. The Morgan fingerprint density at radius 3 is 2.05 bits per heavy atom. The van der Waals surface area contributed by atoms with E-state index in [1.807, 2.05) is 38.1 Å². The third kappa shape index (κ3) is 4.22. The summed E-state index contributed by atoms with van der Waals surface area (Å²) in [4.78, 5) is 12.3. The second-order valence-corrected chi connectivity index (χ2v) is 4.70. The Kier molecular flexibility index (Phi) is 7.72. The van der Waals surface area contributed by atoms with Gasteiger partial charge < -0.3 is 11.1 Å². The summed E-state index contributed by atoms with van der Waals surface area (Å²) in [6, 6.07) is 7.97. The highest BCUT2D eigenvalue weighted by atomic mass is 35.5. The maximum absolute atomic E-state index is 12.3. The average molecular weight is 285 g/mol. The van der Waals surface area contributed by atoms with E-state index in [-0.39, 0.29) is 18.3 Å². The molecule has 19 heavy (non-hydrogen) atoms. The van der Waals surface area contributed by atoms with Crippen molar-refractivity contribution in [3.05, 3.63) is 29.8 Å². The van der Waals surface area contributed by atoms with Crippen LogP contribution in [0.25, 0.3) is 0 Å². The molecule has 1 aromatic rings. The number of nitrogens with two attached hydrogens (primary N) is 1. The van der Waals surface area contributed by atoms with Crippen molar-refractivity contribution in [3.8, 4) is 0 Å². The number of benzene rings is 1. The van der Waals surface area contributed by atoms with Crippen LogP contribution in [-0.4, -0.2) is 12.5 Å². The molecule has 108 valence electrons. The molecule has 0 saturated carbocycles. The number of anilines is 1. The van der Waals surface area contributed by atoms with Gasteiger partial charge in [-0.25, -0.2) is 0 Å². The van der Waals surface area contributed by atoms with Crippen molar-refractivity contribution in [2.45, 2.75) is 40.0 Å². The summed E-state index contributed by atoms with van der Waals surface area (Å²) in [7, 11) is 0. The number of aryl methyl sites for hydroxylation is 1. The highest BCUT2D eigenvalue weighted by molar-refractivity contribution is 5.95. The molecule has 0 unspecified atom stereocenters. The van der Waals surface area contributed by atoms with Gasteiger partial charge in [-0.1, -0.05) is 32.9 Å². The standard InChI is InChI=1S/C15H24N2O.ClH/c1-4-12-7-9-13(10-8-12)17-14(18)15(5-2,6-3)11-16;/h7-10H,4-6,11,16H2,1-3H3,(H,17,18);1H. The van der Waals surface area contributed by atoms with Crippen LogP contribution in [0.15, 0.2) is 24.3 Å². The number of carbonyl (C=O) groups excluding carboxylic acids is 1. The number of hydrogen-bond acceptors (Lipinski definition) is 2. The van der Waals surface area contributed by atoms with Gasteiger partial charge in [0.1, 0.15) is 0 Å². The van der Waals surface area contributed by atoms with Gasteiger partial charge in [-0.3, -0.25) is 4.79 Å². The zero-order valence-corrected chi connectivity index (χ0v) is 12.8. The van der Waals surface area contributed by atoms with E-state index in [1.165, 1.54) is 5.56 Å². The van der Waals surface area contributed by atoms with Crippen LogP contribution in [-0.2, 0) is 11.2 Å². The minimum absolute atomic E-state index is 0. The van der Waals surface area contributed by atoms with Crippen molar-refractivity contribution in [3.63, 3.8) is 0 Å². The molecule has 0 aromatic heterocycles. The maximum Gasteiger partial charge on any atom is 0.231 e. The SMILES string of the molecule is CCc1ccc(NC(=O)C(CC)(CC)CN)cc1.Cl. The topological polar surface area (TPSA) is 55.1 Å². The Labute approximate surface area is 122 Å². The second kappa shape index (κ2) is 8.18. The third-order valence-electron chi connectivity index (χ3n) is 3.85. The van der Waals surface area contributed by atoms with E-state index in [9.17, 15) is 4.79 Å². The summed E-state index contributed by atoms with van der Waals surface area (Å²) in [5.41, 5.74) is 7.44. The summed E-state index contributed by atoms with van der Waals surface area (Å²) in [5, 5.41) is 2.97. The first-order valence-corrected chi connectivity index (χ1v) is 6.72. The molecule has 0 fully saturated rings. The Morgan fingerprint density at radius 2 is 1.68 bits per heavy atom. The van der Waals surface area contributed by atoms with Gasteiger partial charge in [-0.15, -0.1) is 12.4 Å². The first-order valence-electron chi connectivity index (χ1n) is 6.72. The first kappa shape index (κ1) is 17.9. The van der Waals surface area contributed by atoms with Crippen LogP contribution >= 0.6 is 12.4 Å². The molecule has 0 radical (unpaired) electrons. The zero-order chi connectivity index (χ0) is 13.6. The van der Waals surface area contributed by atoms with Gasteiger partial charge in [0.15, 0.2) is 0 Å². The van der Waals surface area contributed by atoms with Crippen molar-refractivity contribution >= 4 is 24.0 Å². The minimum atomic E-state index is -0.441. The maximum atomic E-state index is 12.3. The molecule has 0 heterocycles. The van der Waals surface area contributed by atoms with Crippen LogP contribution in [0, 0.1) is 5.41 Å². The Balaban J connectivity index is 0.00000324. The molecule has 4 heteroatoms. The van der Waals surface area contributed by atoms with Crippen molar-refractivity contribution < 1.29 is 4.79 Å². The Morgan fingerprint density at radius 1 is 1.16 bits per heavy atom. The first-order chi connectivity index (χ1) is 8.61. The quantitative estimate of drug-likeness (QED) is 0.841. The summed E-state index contributed by atoms with van der Waals surface area (Å²) in [6.07, 6.45) is 2.53. The van der Waals surface area contributed by atoms with E-state index in [4.69, 9.17) is 5.73 Å². The van der Waals surface area contributed by atoms with E-state index < -0.39 is 5.41 Å². The predicted molar refractivity (Wildman–Crippen MR) is 83.8 cm³/mol. The molecule has 0 aliphatic heterocycles. The highest BCUT2D eigenvalue weighted by Crippen LogP contribution is 2.27. The van der Waals surface area contributed by atoms with E-state index in [2.05, 4.69) is 12.2 Å². The number of hydrogen-bond donors (Lipinski definition) is 2. The summed E-state index contributed by atoms with van der Waals surface area (Å²) in [5.74, 6) is 0.0271. The molecule has 0 aliphatic carbocycles. The van der Waals surface area contributed by atoms with Gasteiger partial charge in [-0.2, -0.15) is 0 Å². The van der Waals surface area contributed by atoms with E-state index in [1.54, 1.807) is 0 Å². The fraction of sp³-hybridized carbons (Fsp3) is 0.533. The van der Waals surface area contributed by atoms with Crippen LogP contribution < -0.4 is 11.1 Å². The molecular weight excluding hydrogens is 260 g/mol. The van der Waals surface area contributed by atoms with Crippen LogP contribution in [0.1, 0.15) is 39.2 Å². The summed E-state index contributed by atoms with van der Waals surface area (Å²) in [6.45, 7) is 6.52. The van der Waals surface area contributed by atoms with Gasteiger partial charge in [0.05, 0.1) is 5.41 Å². The van der Waals surface area contributed by atoms with Gasteiger partial charge >= 0.3 is 0 Å². The lowest BCUT2D eigenvalue weighted by Crippen LogP contribution is -2.41. The largest absolute Gasteiger partial charge is 0.329 e. The number of nitrogens with one attached hydrogen (secondary N) is 1. The van der Waals surface area contributed by atoms with E-state index in [0.717, 1.165) is 24.9 Å². The molecule has 1 rings (SSSR count). The van der Waals surface area contributed by atoms with Gasteiger partial charge in [-0.05, 0) is 37.0 Å². The molecule has 0 atom stereocenters. The Hall–Kier alpha value is -1.06. The molecule has 0 spiro atoms. The van der Waals surface area contributed by atoms with Crippen molar-refractivity contribution in [2.24, 2.45) is 11.1 Å². The summed E-state index contributed by atoms with van der Waals surface area (Å²) < 4.78 is 0. The fourth-order valence-corrected chi connectivity index (χ4v) is 2.04. The third-order valence-corrected chi connectivity index (χ3v) is 3.85. The monoisotopic (exact) mass is 284 g/mol. The lowest BCUT2D eigenvalue weighted by molar-refractivity contribution is -0.125. The lowest BCUT2D eigenvalue weighted by atomic mass is 9.81. The number of amides is 1. The van der Waals surface area contributed by atoms with Crippen molar-refractivity contribution in [1.29, 1.82) is 0 Å². The molecule has 0 bridgehead atoms. The normalized spacial score (nSPS) is 10.7. The average Bonchev–Trinajstić information content (AvgIpc) is 2.42. The number of rotatable bonds is 6. The zero-order valence-electron chi connectivity index (χ0n) is 12.0. The number of halogens is 1. The predicted octanol–water partition coefficient (Wildman–Crippen LogP) is 3.37. The van der Waals surface area contributed by atoms with Crippen LogP contribution in [0.4, 0.5) is 5.69 Å². The van der Waals surface area contributed by atoms with Crippen LogP contribution in [0.5, 0.6) is 0 Å². The second-order valence-electron chi connectivity index (χ2n) is 4.70. The molecule has 0 aliphatic rings. The van der Waals surface area contributed by atoms with Gasteiger partial charge in [0.25, 0.3) is 0 Å². The van der Waals surface area contributed by atoms with Crippen LogP contribution in [0.3, 0.4) is 0 Å². The van der Waals surface area contributed by atoms with Crippen LogP contribution in [0.2, 0.25) is 0 Å². The molecule has 3 N–H and O–H groups in total. The molecule has 0 saturated heterocycles. The molecule has 3 nitrogen and oxygen atoms in total. The lowest BCUT2D eigenvalue weighted by Gasteiger charge is -2.28. The smallest absolute Gasteiger partial charge is 0.231 e. The van der Waals surface area contributed by atoms with E-state index >= 15 is 0 Å².